The third-order valence-electron chi connectivity index (χ3n) is 3.61. The summed E-state index contributed by atoms with van der Waals surface area (Å²) < 4.78 is 30.9. The van der Waals surface area contributed by atoms with E-state index in [4.69, 9.17) is 4.74 Å². The molecule has 1 aromatic rings. The van der Waals surface area contributed by atoms with Gasteiger partial charge < -0.3 is 4.74 Å². The van der Waals surface area contributed by atoms with Gasteiger partial charge in [0, 0.05) is 11.6 Å². The quantitative estimate of drug-likeness (QED) is 0.476. The van der Waals surface area contributed by atoms with Crippen molar-refractivity contribution in [3.05, 3.63) is 40.8 Å². The number of esters is 1. The number of nitrogens with zero attached hydrogens (tertiary/aromatic N) is 1. The molecule has 0 bridgehead atoms. The summed E-state index contributed by atoms with van der Waals surface area (Å²) in [6.07, 6.45) is -0.372. The van der Waals surface area contributed by atoms with Gasteiger partial charge in [0.25, 0.3) is 5.92 Å². The average Bonchev–Trinajstić information content (AvgIpc) is 2.97. The fourth-order valence-corrected chi connectivity index (χ4v) is 1.99. The Labute approximate surface area is 119 Å². The summed E-state index contributed by atoms with van der Waals surface area (Å²) in [6.45, 7) is 0.784. The van der Waals surface area contributed by atoms with Gasteiger partial charge in [-0.05, 0) is 5.56 Å². The molecular formula is C14H13F2NO4. The SMILES string of the molecule is CC1(COC(=O)C(C(=O)N=O)c2ccccc2)CC1(F)F. The Morgan fingerprint density at radius 1 is 1.33 bits per heavy atom. The lowest BCUT2D eigenvalue weighted by molar-refractivity contribution is -0.150. The minimum atomic E-state index is -2.87. The standard InChI is InChI=1S/C14H13F2NO4/c1-13(7-14(13,15)16)8-21-12(19)10(11(18)17-20)9-5-3-2-4-6-9/h2-6,10H,7-8H2,1H3. The second-order valence-electron chi connectivity index (χ2n) is 5.32. The first-order valence-electron chi connectivity index (χ1n) is 6.27. The molecule has 0 aromatic heterocycles. The smallest absolute Gasteiger partial charge is 0.323 e. The number of carbonyl (C=O) groups is 2. The van der Waals surface area contributed by atoms with Crippen LogP contribution in [0.4, 0.5) is 8.78 Å². The van der Waals surface area contributed by atoms with Gasteiger partial charge in [-0.3, -0.25) is 9.59 Å². The van der Waals surface area contributed by atoms with Crippen LogP contribution in [0.15, 0.2) is 35.5 Å². The second kappa shape index (κ2) is 5.31. The third-order valence-corrected chi connectivity index (χ3v) is 3.61. The van der Waals surface area contributed by atoms with Gasteiger partial charge in [0.1, 0.15) is 6.61 Å². The molecule has 5 nitrogen and oxygen atoms in total. The number of rotatable bonds is 5. The number of hydrogen-bond donors (Lipinski definition) is 0. The van der Waals surface area contributed by atoms with Gasteiger partial charge in [0.2, 0.25) is 0 Å². The molecule has 1 aromatic carbocycles. The molecule has 0 N–H and O–H groups in total. The molecule has 2 atom stereocenters. The number of benzene rings is 1. The molecule has 0 saturated heterocycles. The van der Waals surface area contributed by atoms with E-state index in [0.29, 0.717) is 0 Å². The zero-order valence-corrected chi connectivity index (χ0v) is 11.2. The highest BCUT2D eigenvalue weighted by atomic mass is 19.3. The number of carbonyl (C=O) groups excluding carboxylic acids is 2. The highest BCUT2D eigenvalue weighted by molar-refractivity contribution is 6.03. The van der Waals surface area contributed by atoms with E-state index < -0.39 is 35.7 Å². The molecule has 2 unspecified atom stereocenters. The molecule has 2 rings (SSSR count). The number of halogens is 2. The average molecular weight is 297 g/mol. The predicted octanol–water partition coefficient (Wildman–Crippen LogP) is 2.65. The molecule has 1 aliphatic carbocycles. The lowest BCUT2D eigenvalue weighted by atomic mass is 9.98. The summed E-state index contributed by atoms with van der Waals surface area (Å²) in [7, 11) is 0. The van der Waals surface area contributed by atoms with E-state index in [1.165, 1.54) is 19.1 Å². The van der Waals surface area contributed by atoms with Crippen LogP contribution in [0.1, 0.15) is 24.8 Å². The first-order chi connectivity index (χ1) is 9.81. The molecule has 0 radical (unpaired) electrons. The van der Waals surface area contributed by atoms with Crippen LogP contribution in [0.2, 0.25) is 0 Å². The number of alkyl halides is 2. The Morgan fingerprint density at radius 3 is 2.38 bits per heavy atom. The van der Waals surface area contributed by atoms with Crippen LogP contribution in [0.3, 0.4) is 0 Å². The minimum absolute atomic E-state index is 0.236. The first kappa shape index (κ1) is 15.2. The van der Waals surface area contributed by atoms with Crippen molar-refractivity contribution in [3.63, 3.8) is 0 Å². The molecule has 7 heteroatoms. The van der Waals surface area contributed by atoms with Crippen molar-refractivity contribution in [1.82, 2.24) is 0 Å². The van der Waals surface area contributed by atoms with Gasteiger partial charge in [0.05, 0.1) is 5.41 Å². The summed E-state index contributed by atoms with van der Waals surface area (Å²) in [4.78, 5) is 33.8. The molecule has 1 fully saturated rings. The third kappa shape index (κ3) is 2.96. The topological polar surface area (TPSA) is 72.8 Å². The van der Waals surface area contributed by atoms with Crippen LogP contribution in [0.25, 0.3) is 0 Å². The van der Waals surface area contributed by atoms with E-state index in [2.05, 4.69) is 5.18 Å². The first-order valence-corrected chi connectivity index (χ1v) is 6.27. The fourth-order valence-electron chi connectivity index (χ4n) is 1.99. The monoisotopic (exact) mass is 297 g/mol. The predicted molar refractivity (Wildman–Crippen MR) is 68.6 cm³/mol. The van der Waals surface area contributed by atoms with Crippen LogP contribution < -0.4 is 0 Å². The molecule has 0 spiro atoms. The van der Waals surface area contributed by atoms with E-state index in [-0.39, 0.29) is 12.0 Å². The Hall–Kier alpha value is -2.18. The van der Waals surface area contributed by atoms with Crippen LogP contribution in [-0.2, 0) is 14.3 Å². The maximum absolute atomic E-state index is 13.1. The Morgan fingerprint density at radius 2 is 1.90 bits per heavy atom. The van der Waals surface area contributed by atoms with Gasteiger partial charge in [-0.15, -0.1) is 4.91 Å². The largest absolute Gasteiger partial charge is 0.464 e. The number of hydrogen-bond acceptors (Lipinski definition) is 4. The zero-order chi connectivity index (χ0) is 15.7. The minimum Gasteiger partial charge on any atom is -0.464 e. The number of ether oxygens (including phenoxy) is 1. The Kier molecular flexibility index (Phi) is 3.85. The van der Waals surface area contributed by atoms with E-state index >= 15 is 0 Å². The molecule has 0 aliphatic heterocycles. The molecule has 0 heterocycles. The maximum Gasteiger partial charge on any atom is 0.323 e. The second-order valence-corrected chi connectivity index (χ2v) is 5.32. The normalized spacial score (nSPS) is 24.0. The molecule has 1 amide bonds. The van der Waals surface area contributed by atoms with E-state index in [0.717, 1.165) is 0 Å². The van der Waals surface area contributed by atoms with Gasteiger partial charge in [0.15, 0.2) is 5.92 Å². The zero-order valence-electron chi connectivity index (χ0n) is 11.2. The van der Waals surface area contributed by atoms with Gasteiger partial charge in [-0.1, -0.05) is 37.3 Å². The highest BCUT2D eigenvalue weighted by Gasteiger charge is 2.68. The summed E-state index contributed by atoms with van der Waals surface area (Å²) >= 11 is 0. The summed E-state index contributed by atoms with van der Waals surface area (Å²) in [5.41, 5.74) is -1.17. The summed E-state index contributed by atoms with van der Waals surface area (Å²) in [5.74, 6) is -6.64. The maximum atomic E-state index is 13.1. The van der Waals surface area contributed by atoms with Crippen LogP contribution >= 0.6 is 0 Å². The van der Waals surface area contributed by atoms with Gasteiger partial charge >= 0.3 is 11.9 Å². The highest BCUT2D eigenvalue weighted by Crippen LogP contribution is 2.60. The molecular weight excluding hydrogens is 284 g/mol. The lowest BCUT2D eigenvalue weighted by Crippen LogP contribution is -2.26. The summed E-state index contributed by atoms with van der Waals surface area (Å²) in [6, 6.07) is 7.73. The van der Waals surface area contributed by atoms with Crippen molar-refractivity contribution in [3.8, 4) is 0 Å². The van der Waals surface area contributed by atoms with Crippen molar-refractivity contribution in [1.29, 1.82) is 0 Å². The molecule has 1 saturated carbocycles. The van der Waals surface area contributed by atoms with E-state index in [9.17, 15) is 23.3 Å². The number of nitroso groups, excluding NO2 is 1. The molecule has 1 aliphatic rings. The van der Waals surface area contributed by atoms with Crippen LogP contribution in [0.5, 0.6) is 0 Å². The van der Waals surface area contributed by atoms with Crippen molar-refractivity contribution in [2.45, 2.75) is 25.2 Å². The van der Waals surface area contributed by atoms with Gasteiger partial charge in [-0.2, -0.15) is 0 Å². The molecule has 112 valence electrons. The van der Waals surface area contributed by atoms with E-state index in [1.807, 2.05) is 0 Å². The Bertz CT molecular complexity index is 576. The Balaban J connectivity index is 2.09. The van der Waals surface area contributed by atoms with Crippen molar-refractivity contribution >= 4 is 11.9 Å². The van der Waals surface area contributed by atoms with Crippen molar-refractivity contribution in [2.24, 2.45) is 10.6 Å². The van der Waals surface area contributed by atoms with Crippen molar-refractivity contribution in [2.75, 3.05) is 6.61 Å². The lowest BCUT2D eigenvalue weighted by Gasteiger charge is -2.15. The molecule has 21 heavy (non-hydrogen) atoms. The fraction of sp³-hybridized carbons (Fsp3) is 0.429. The van der Waals surface area contributed by atoms with Crippen molar-refractivity contribution < 1.29 is 23.1 Å². The van der Waals surface area contributed by atoms with Gasteiger partial charge in [-0.25, -0.2) is 8.78 Å². The summed E-state index contributed by atoms with van der Waals surface area (Å²) in [5, 5.41) is 2.24. The van der Waals surface area contributed by atoms with Crippen LogP contribution in [-0.4, -0.2) is 24.4 Å². The van der Waals surface area contributed by atoms with E-state index in [1.54, 1.807) is 18.2 Å². The van der Waals surface area contributed by atoms with Crippen LogP contribution in [0, 0.1) is 10.3 Å². The number of amides is 1.